The van der Waals surface area contributed by atoms with Gasteiger partial charge in [-0.15, -0.1) is 0 Å². The van der Waals surface area contributed by atoms with Gasteiger partial charge in [-0.1, -0.05) is 24.3 Å². The van der Waals surface area contributed by atoms with Crippen LogP contribution in [0, 0.1) is 16.7 Å². The number of hydrogen-bond acceptors (Lipinski definition) is 8. The number of nitrogens with zero attached hydrogens (tertiary/aromatic N) is 5. The van der Waals surface area contributed by atoms with E-state index in [1.807, 2.05) is 17.0 Å². The van der Waals surface area contributed by atoms with Crippen molar-refractivity contribution in [1.29, 1.82) is 5.26 Å². The molecule has 0 amide bonds. The summed E-state index contributed by atoms with van der Waals surface area (Å²) >= 11 is 0. The van der Waals surface area contributed by atoms with Crippen LogP contribution in [-0.2, 0) is 21.4 Å². The number of Topliss-reactive ketones (excluding diaryl/α,β-unsaturated/α-hetero) is 1. The monoisotopic (exact) mass is 459 g/mol. The highest BCUT2D eigenvalue weighted by atomic mass is 16.5. The second kappa shape index (κ2) is 8.33. The molecule has 6 rings (SSSR count). The number of aromatic nitrogens is 2. The van der Waals surface area contributed by atoms with Gasteiger partial charge in [0.05, 0.1) is 31.4 Å². The van der Waals surface area contributed by atoms with Gasteiger partial charge in [0.15, 0.2) is 5.82 Å². The van der Waals surface area contributed by atoms with Crippen molar-refractivity contribution in [3.05, 3.63) is 47.2 Å². The number of carbonyl (C=O) groups excluding carboxylic acids is 1. The zero-order valence-electron chi connectivity index (χ0n) is 19.3. The Labute approximate surface area is 199 Å². The molecule has 1 saturated carbocycles. The van der Waals surface area contributed by atoms with Gasteiger partial charge >= 0.3 is 6.01 Å². The fraction of sp³-hybridized carbons (Fsp3) is 0.538. The number of nitriles is 1. The number of carbonyl (C=O) groups is 1. The second-order valence-corrected chi connectivity index (χ2v) is 10.2. The lowest BCUT2D eigenvalue weighted by molar-refractivity contribution is -0.126. The van der Waals surface area contributed by atoms with Crippen molar-refractivity contribution < 1.29 is 14.3 Å². The number of aryl methyl sites for hydroxylation is 1. The SMILES string of the molecule is N#Cc1cnc(OCC2(CN3CCOCC3)CC2)nc1N1CC2(C1)C(=O)CCc1ccccc12. The minimum atomic E-state index is -0.496. The van der Waals surface area contributed by atoms with Gasteiger partial charge in [0.25, 0.3) is 0 Å². The molecule has 2 aliphatic heterocycles. The maximum atomic E-state index is 13.0. The van der Waals surface area contributed by atoms with Gasteiger partial charge in [-0.2, -0.15) is 10.2 Å². The van der Waals surface area contributed by atoms with E-state index in [4.69, 9.17) is 9.47 Å². The van der Waals surface area contributed by atoms with Crippen molar-refractivity contribution in [2.45, 2.75) is 31.1 Å². The summed E-state index contributed by atoms with van der Waals surface area (Å²) in [5, 5.41) is 9.66. The Hall–Kier alpha value is -3.02. The molecule has 2 saturated heterocycles. The van der Waals surface area contributed by atoms with E-state index in [1.165, 1.54) is 5.56 Å². The molecule has 176 valence electrons. The zero-order valence-corrected chi connectivity index (χ0v) is 19.3. The number of benzene rings is 1. The third kappa shape index (κ3) is 3.73. The van der Waals surface area contributed by atoms with Crippen LogP contribution in [0.3, 0.4) is 0 Å². The first-order valence-electron chi connectivity index (χ1n) is 12.2. The number of rotatable bonds is 6. The molecular formula is C26H29N5O3. The number of anilines is 1. The van der Waals surface area contributed by atoms with Crippen LogP contribution in [0.15, 0.2) is 30.5 Å². The molecule has 3 fully saturated rings. The Kier molecular flexibility index (Phi) is 5.27. The van der Waals surface area contributed by atoms with Gasteiger partial charge in [0.2, 0.25) is 0 Å². The summed E-state index contributed by atoms with van der Waals surface area (Å²) in [6, 6.07) is 10.7. The minimum Gasteiger partial charge on any atom is -0.463 e. The van der Waals surface area contributed by atoms with Crippen LogP contribution in [0.5, 0.6) is 6.01 Å². The summed E-state index contributed by atoms with van der Waals surface area (Å²) in [4.78, 5) is 26.4. The van der Waals surface area contributed by atoms with Gasteiger partial charge in [-0.25, -0.2) is 4.98 Å². The van der Waals surface area contributed by atoms with E-state index < -0.39 is 5.41 Å². The molecule has 2 aliphatic carbocycles. The third-order valence-corrected chi connectivity index (χ3v) is 7.90. The first-order chi connectivity index (χ1) is 16.6. The molecule has 8 heteroatoms. The van der Waals surface area contributed by atoms with Crippen molar-refractivity contribution in [3.8, 4) is 12.1 Å². The average molecular weight is 460 g/mol. The number of ether oxygens (including phenoxy) is 2. The van der Waals surface area contributed by atoms with Gasteiger partial charge in [-0.3, -0.25) is 9.69 Å². The fourth-order valence-corrected chi connectivity index (χ4v) is 5.67. The normalized spacial score (nSPS) is 22.6. The fourth-order valence-electron chi connectivity index (χ4n) is 5.67. The van der Waals surface area contributed by atoms with Gasteiger partial charge in [0.1, 0.15) is 17.4 Å². The van der Waals surface area contributed by atoms with E-state index in [9.17, 15) is 10.1 Å². The van der Waals surface area contributed by atoms with Crippen molar-refractivity contribution in [3.63, 3.8) is 0 Å². The lowest BCUT2D eigenvalue weighted by Gasteiger charge is -2.52. The van der Waals surface area contributed by atoms with E-state index in [1.54, 1.807) is 6.20 Å². The summed E-state index contributed by atoms with van der Waals surface area (Å²) in [5.74, 6) is 0.845. The zero-order chi connectivity index (χ0) is 23.2. The third-order valence-electron chi connectivity index (χ3n) is 7.90. The highest BCUT2D eigenvalue weighted by Gasteiger charge is 2.53. The first-order valence-corrected chi connectivity index (χ1v) is 12.2. The number of hydrogen-bond donors (Lipinski definition) is 0. The van der Waals surface area contributed by atoms with E-state index in [0.717, 1.165) is 57.7 Å². The quantitative estimate of drug-likeness (QED) is 0.649. The highest BCUT2D eigenvalue weighted by Crippen LogP contribution is 2.47. The lowest BCUT2D eigenvalue weighted by Crippen LogP contribution is -2.65. The van der Waals surface area contributed by atoms with Crippen LogP contribution in [-0.4, -0.2) is 73.2 Å². The standard InChI is InChI=1S/C26H29N5O3/c27-13-20-14-28-24(34-18-25(7-8-25)15-30-9-11-33-12-10-30)29-23(20)31-16-26(17-31)21-4-2-1-3-19(21)5-6-22(26)32/h1-4,14H,5-12,15-18H2. The van der Waals surface area contributed by atoms with E-state index in [-0.39, 0.29) is 11.2 Å². The first kappa shape index (κ1) is 21.5. The average Bonchev–Trinajstić information content (AvgIpc) is 3.61. The summed E-state index contributed by atoms with van der Waals surface area (Å²) in [7, 11) is 0. The molecule has 0 atom stereocenters. The molecule has 2 aromatic rings. The molecule has 1 aromatic heterocycles. The molecule has 0 N–H and O–H groups in total. The number of morpholine rings is 1. The Bertz CT molecular complexity index is 1140. The maximum Gasteiger partial charge on any atom is 0.318 e. The van der Waals surface area contributed by atoms with Crippen LogP contribution in [0.4, 0.5) is 5.82 Å². The van der Waals surface area contributed by atoms with Crippen LogP contribution in [0.2, 0.25) is 0 Å². The van der Waals surface area contributed by atoms with E-state index in [0.29, 0.717) is 43.5 Å². The Morgan fingerprint density at radius 1 is 1.15 bits per heavy atom. The largest absolute Gasteiger partial charge is 0.463 e. The molecule has 4 aliphatic rings. The van der Waals surface area contributed by atoms with E-state index >= 15 is 0 Å². The molecule has 3 heterocycles. The van der Waals surface area contributed by atoms with Crippen molar-refractivity contribution in [2.24, 2.45) is 5.41 Å². The summed E-state index contributed by atoms with van der Waals surface area (Å²) in [6.45, 7) is 6.19. The predicted octanol–water partition coefficient (Wildman–Crippen LogP) is 2.11. The van der Waals surface area contributed by atoms with Crippen LogP contribution in [0.1, 0.15) is 36.0 Å². The molecule has 0 radical (unpaired) electrons. The van der Waals surface area contributed by atoms with Crippen LogP contribution in [0.25, 0.3) is 0 Å². The molecule has 1 spiro atoms. The molecular weight excluding hydrogens is 430 g/mol. The maximum absolute atomic E-state index is 13.0. The van der Waals surface area contributed by atoms with Crippen LogP contribution < -0.4 is 9.64 Å². The second-order valence-electron chi connectivity index (χ2n) is 10.2. The molecule has 34 heavy (non-hydrogen) atoms. The predicted molar refractivity (Wildman–Crippen MR) is 125 cm³/mol. The molecule has 0 bridgehead atoms. The van der Waals surface area contributed by atoms with Crippen LogP contribution >= 0.6 is 0 Å². The Balaban J connectivity index is 1.16. The topological polar surface area (TPSA) is 91.6 Å². The molecule has 0 unspecified atom stereocenters. The van der Waals surface area contributed by atoms with Gasteiger partial charge < -0.3 is 14.4 Å². The number of fused-ring (bicyclic) bond motifs is 2. The smallest absolute Gasteiger partial charge is 0.318 e. The number of ketones is 1. The van der Waals surface area contributed by atoms with Gasteiger partial charge in [-0.05, 0) is 30.4 Å². The minimum absolute atomic E-state index is 0.161. The van der Waals surface area contributed by atoms with Crippen molar-refractivity contribution in [2.75, 3.05) is 57.4 Å². The molecule has 1 aromatic carbocycles. The Morgan fingerprint density at radius 2 is 1.94 bits per heavy atom. The lowest BCUT2D eigenvalue weighted by atomic mass is 9.64. The van der Waals surface area contributed by atoms with Gasteiger partial charge in [0, 0.05) is 44.6 Å². The van der Waals surface area contributed by atoms with Crippen molar-refractivity contribution in [1.82, 2.24) is 14.9 Å². The summed E-state index contributed by atoms with van der Waals surface area (Å²) < 4.78 is 11.5. The van der Waals surface area contributed by atoms with E-state index in [2.05, 4.69) is 33.1 Å². The Morgan fingerprint density at radius 3 is 2.71 bits per heavy atom. The summed E-state index contributed by atoms with van der Waals surface area (Å²) in [5.41, 5.74) is 2.46. The molecule has 8 nitrogen and oxygen atoms in total. The summed E-state index contributed by atoms with van der Waals surface area (Å²) in [6.07, 6.45) is 5.20. The van der Waals surface area contributed by atoms with Crippen molar-refractivity contribution >= 4 is 11.6 Å². The highest BCUT2D eigenvalue weighted by molar-refractivity contribution is 5.95.